The molecule has 1 aliphatic heterocycles. The summed E-state index contributed by atoms with van der Waals surface area (Å²) < 4.78 is 16.6. The second-order valence-electron chi connectivity index (χ2n) is 5.81. The van der Waals surface area contributed by atoms with Crippen molar-refractivity contribution in [1.29, 1.82) is 0 Å². The number of aromatic nitrogens is 5. The molecule has 0 atom stereocenters. The van der Waals surface area contributed by atoms with Gasteiger partial charge in [0, 0.05) is 37.9 Å². The van der Waals surface area contributed by atoms with Crippen LogP contribution in [0.3, 0.4) is 0 Å². The maximum atomic E-state index is 13.1. The zero-order valence-corrected chi connectivity index (χ0v) is 14.5. The van der Waals surface area contributed by atoms with Crippen molar-refractivity contribution in [2.24, 2.45) is 0 Å². The third-order valence-corrected chi connectivity index (χ3v) is 4.35. The van der Waals surface area contributed by atoms with Crippen molar-refractivity contribution in [3.63, 3.8) is 0 Å². The van der Waals surface area contributed by atoms with Crippen LogP contribution in [-0.2, 0) is 0 Å². The van der Waals surface area contributed by atoms with Crippen molar-refractivity contribution in [1.82, 2.24) is 29.2 Å². The van der Waals surface area contributed by atoms with Crippen molar-refractivity contribution >= 4 is 29.2 Å². The van der Waals surface area contributed by atoms with Crippen molar-refractivity contribution in [3.05, 3.63) is 48.8 Å². The molecule has 3 aromatic rings. The number of halogens is 2. The van der Waals surface area contributed by atoms with Crippen LogP contribution in [0.2, 0.25) is 0 Å². The molecule has 1 fully saturated rings. The summed E-state index contributed by atoms with van der Waals surface area (Å²) in [6.07, 6.45) is 3.15. The molecule has 0 unspecified atom stereocenters. The lowest BCUT2D eigenvalue weighted by Crippen LogP contribution is -2.43. The molecule has 3 heterocycles. The molecule has 1 N–H and O–H groups in total. The summed E-state index contributed by atoms with van der Waals surface area (Å²) in [6.45, 7) is 2.90. The third-order valence-electron chi connectivity index (χ3n) is 4.01. The van der Waals surface area contributed by atoms with E-state index in [0.29, 0.717) is 17.6 Å². The van der Waals surface area contributed by atoms with Gasteiger partial charge in [0.15, 0.2) is 0 Å². The van der Waals surface area contributed by atoms with Crippen molar-refractivity contribution < 1.29 is 4.39 Å². The van der Waals surface area contributed by atoms with Crippen LogP contribution in [0.4, 0.5) is 21.8 Å². The van der Waals surface area contributed by atoms with Crippen molar-refractivity contribution in [2.45, 2.75) is 0 Å². The molecule has 0 amide bonds. The van der Waals surface area contributed by atoms with E-state index in [1.165, 1.54) is 12.1 Å². The summed E-state index contributed by atoms with van der Waals surface area (Å²) in [5.41, 5.74) is 0.733. The molecule has 26 heavy (non-hydrogen) atoms. The summed E-state index contributed by atoms with van der Waals surface area (Å²) in [6, 6.07) is 7.88. The molecule has 1 saturated heterocycles. The first-order valence-corrected chi connectivity index (χ1v) is 8.43. The van der Waals surface area contributed by atoms with E-state index in [1.807, 2.05) is 0 Å². The molecule has 0 bridgehead atoms. The van der Waals surface area contributed by atoms with Gasteiger partial charge in [-0.05, 0) is 36.0 Å². The predicted molar refractivity (Wildman–Crippen MR) is 96.3 cm³/mol. The SMILES string of the molecule is Fc1ccc(Nc2cc(-n3cnnc3)nc(N3CCN(Cl)CC3)n2)cc1. The summed E-state index contributed by atoms with van der Waals surface area (Å²) >= 11 is 6.04. The van der Waals surface area contributed by atoms with Crippen LogP contribution in [0.5, 0.6) is 0 Å². The van der Waals surface area contributed by atoms with Crippen LogP contribution in [0.15, 0.2) is 43.0 Å². The lowest BCUT2D eigenvalue weighted by atomic mass is 10.3. The Morgan fingerprint density at radius 3 is 2.35 bits per heavy atom. The molecule has 10 heteroatoms. The van der Waals surface area contributed by atoms with E-state index in [9.17, 15) is 4.39 Å². The first kappa shape index (κ1) is 16.7. The number of hydrogen-bond acceptors (Lipinski definition) is 7. The first-order valence-electron chi connectivity index (χ1n) is 8.10. The number of nitrogens with one attached hydrogen (secondary N) is 1. The summed E-state index contributed by atoms with van der Waals surface area (Å²) in [5.74, 6) is 1.53. The van der Waals surface area contributed by atoms with Crippen LogP contribution < -0.4 is 10.2 Å². The average Bonchev–Trinajstić information content (AvgIpc) is 3.19. The fraction of sp³-hybridized carbons (Fsp3) is 0.250. The monoisotopic (exact) mass is 374 g/mol. The molecule has 1 aliphatic rings. The van der Waals surface area contributed by atoms with Gasteiger partial charge in [0.2, 0.25) is 5.95 Å². The van der Waals surface area contributed by atoms with Gasteiger partial charge in [-0.1, -0.05) is 0 Å². The first-order chi connectivity index (χ1) is 12.7. The highest BCUT2D eigenvalue weighted by atomic mass is 35.5. The smallest absolute Gasteiger partial charge is 0.229 e. The van der Waals surface area contributed by atoms with Gasteiger partial charge in [-0.2, -0.15) is 9.97 Å². The molecule has 0 spiro atoms. The van der Waals surface area contributed by atoms with Crippen molar-refractivity contribution in [3.8, 4) is 5.82 Å². The zero-order chi connectivity index (χ0) is 17.9. The maximum Gasteiger partial charge on any atom is 0.229 e. The van der Waals surface area contributed by atoms with Gasteiger partial charge < -0.3 is 10.2 Å². The van der Waals surface area contributed by atoms with Gasteiger partial charge >= 0.3 is 0 Å². The Morgan fingerprint density at radius 2 is 1.65 bits per heavy atom. The Hall–Kier alpha value is -2.78. The average molecular weight is 375 g/mol. The van der Waals surface area contributed by atoms with Gasteiger partial charge in [0.1, 0.15) is 30.1 Å². The zero-order valence-electron chi connectivity index (χ0n) is 13.8. The lowest BCUT2D eigenvalue weighted by Gasteiger charge is -2.31. The minimum atomic E-state index is -0.289. The standard InChI is InChI=1S/C16H16ClFN8/c17-26-7-5-24(6-8-26)16-22-14(21-13-3-1-12(18)2-4-13)9-15(23-16)25-10-19-20-11-25/h1-4,9-11H,5-8H2,(H,21,22,23). The summed E-state index contributed by atoms with van der Waals surface area (Å²) in [7, 11) is 0. The third kappa shape index (κ3) is 3.73. The van der Waals surface area contributed by atoms with Gasteiger partial charge in [-0.3, -0.25) is 4.57 Å². The van der Waals surface area contributed by atoms with E-state index in [1.54, 1.807) is 39.8 Å². The van der Waals surface area contributed by atoms with Crippen LogP contribution >= 0.6 is 11.8 Å². The van der Waals surface area contributed by atoms with Crippen LogP contribution in [-0.4, -0.2) is 55.3 Å². The van der Waals surface area contributed by atoms with Gasteiger partial charge in [0.05, 0.1) is 0 Å². The number of nitrogens with zero attached hydrogens (tertiary/aromatic N) is 7. The number of anilines is 3. The van der Waals surface area contributed by atoms with E-state index in [-0.39, 0.29) is 5.82 Å². The van der Waals surface area contributed by atoms with Crippen LogP contribution in [0.25, 0.3) is 5.82 Å². The van der Waals surface area contributed by atoms with Gasteiger partial charge in [0.25, 0.3) is 0 Å². The van der Waals surface area contributed by atoms with Crippen molar-refractivity contribution in [2.75, 3.05) is 36.4 Å². The van der Waals surface area contributed by atoms with E-state index in [2.05, 4.69) is 30.4 Å². The van der Waals surface area contributed by atoms with Crippen LogP contribution in [0.1, 0.15) is 0 Å². The molecule has 4 rings (SSSR count). The highest BCUT2D eigenvalue weighted by Gasteiger charge is 2.19. The minimum Gasteiger partial charge on any atom is -0.340 e. The fourth-order valence-corrected chi connectivity index (χ4v) is 2.79. The van der Waals surface area contributed by atoms with Crippen LogP contribution in [0, 0.1) is 5.82 Å². The molecule has 0 aliphatic carbocycles. The number of piperazine rings is 1. The minimum absolute atomic E-state index is 0.289. The number of rotatable bonds is 4. The Labute approximate surface area is 154 Å². The Kier molecular flexibility index (Phi) is 4.63. The lowest BCUT2D eigenvalue weighted by molar-refractivity contribution is 0.413. The second kappa shape index (κ2) is 7.22. The topological polar surface area (TPSA) is 75.0 Å². The predicted octanol–water partition coefficient (Wildman–Crippen LogP) is 2.22. The Morgan fingerprint density at radius 1 is 0.962 bits per heavy atom. The number of benzene rings is 1. The second-order valence-corrected chi connectivity index (χ2v) is 6.29. The quantitative estimate of drug-likeness (QED) is 0.702. The van der Waals surface area contributed by atoms with Gasteiger partial charge in [-0.15, -0.1) is 10.2 Å². The molecule has 8 nitrogen and oxygen atoms in total. The highest BCUT2D eigenvalue weighted by molar-refractivity contribution is 6.13. The highest BCUT2D eigenvalue weighted by Crippen LogP contribution is 2.21. The largest absolute Gasteiger partial charge is 0.340 e. The van der Waals surface area contributed by atoms with E-state index >= 15 is 0 Å². The summed E-state index contributed by atoms with van der Waals surface area (Å²) in [4.78, 5) is 11.3. The van der Waals surface area contributed by atoms with E-state index in [4.69, 9.17) is 11.8 Å². The van der Waals surface area contributed by atoms with E-state index in [0.717, 1.165) is 31.9 Å². The molecule has 134 valence electrons. The molecule has 1 aromatic carbocycles. The molecular weight excluding hydrogens is 359 g/mol. The molecule has 0 saturated carbocycles. The molecule has 0 radical (unpaired) electrons. The Bertz CT molecular complexity index is 862. The number of hydrogen-bond donors (Lipinski definition) is 1. The molecule has 2 aromatic heterocycles. The fourth-order valence-electron chi connectivity index (χ4n) is 2.64. The molecular formula is C16H16ClFN8. The van der Waals surface area contributed by atoms with Gasteiger partial charge in [-0.25, -0.2) is 8.81 Å². The normalized spacial score (nSPS) is 15.2. The maximum absolute atomic E-state index is 13.1. The van der Waals surface area contributed by atoms with E-state index < -0.39 is 0 Å². The Balaban J connectivity index is 1.67. The summed E-state index contributed by atoms with van der Waals surface area (Å²) in [5, 5.41) is 10.8.